The minimum atomic E-state index is -0.610. The summed E-state index contributed by atoms with van der Waals surface area (Å²) < 4.78 is 11.2. The number of aromatic amines is 1. The van der Waals surface area contributed by atoms with E-state index in [1.165, 1.54) is 0 Å². The Kier molecular flexibility index (Phi) is 5.45. The summed E-state index contributed by atoms with van der Waals surface area (Å²) in [6.45, 7) is 5.49. The van der Waals surface area contributed by atoms with Crippen molar-refractivity contribution >= 4 is 5.91 Å². The van der Waals surface area contributed by atoms with Gasteiger partial charge in [0.15, 0.2) is 17.8 Å². The summed E-state index contributed by atoms with van der Waals surface area (Å²) in [5.74, 6) is 1.59. The van der Waals surface area contributed by atoms with E-state index < -0.39 is 6.10 Å². The normalized spacial score (nSPS) is 19.2. The van der Waals surface area contributed by atoms with Gasteiger partial charge in [-0.05, 0) is 5.56 Å². The van der Waals surface area contributed by atoms with Crippen molar-refractivity contribution in [2.45, 2.75) is 32.0 Å². The van der Waals surface area contributed by atoms with Gasteiger partial charge in [0.05, 0.1) is 13.2 Å². The fourth-order valence-electron chi connectivity index (χ4n) is 2.88. The SMILES string of the molecule is COC(C(=O)N1CCOC(c2nc(C(C)C)n[nH]2)C1)c1ccccc1. The van der Waals surface area contributed by atoms with E-state index in [-0.39, 0.29) is 17.9 Å². The standard InChI is InChI=1S/C18H24N4O3/c1-12(2)16-19-17(21-20-16)14-11-22(9-10-25-14)18(23)15(24-3)13-7-5-4-6-8-13/h4-8,12,14-15H,9-11H2,1-3H3,(H,19,20,21). The van der Waals surface area contributed by atoms with Crippen molar-refractivity contribution in [2.24, 2.45) is 0 Å². The predicted molar refractivity (Wildman–Crippen MR) is 91.9 cm³/mol. The molecule has 2 atom stereocenters. The molecule has 1 aliphatic rings. The Morgan fingerprint density at radius 1 is 1.36 bits per heavy atom. The maximum Gasteiger partial charge on any atom is 0.256 e. The molecule has 7 heteroatoms. The van der Waals surface area contributed by atoms with Crippen LogP contribution >= 0.6 is 0 Å². The molecule has 1 saturated heterocycles. The van der Waals surface area contributed by atoms with Crippen molar-refractivity contribution in [1.82, 2.24) is 20.1 Å². The van der Waals surface area contributed by atoms with E-state index in [4.69, 9.17) is 9.47 Å². The van der Waals surface area contributed by atoms with Crippen molar-refractivity contribution in [3.8, 4) is 0 Å². The van der Waals surface area contributed by atoms with Crippen LogP contribution in [0.5, 0.6) is 0 Å². The third-order valence-corrected chi connectivity index (χ3v) is 4.28. The zero-order valence-electron chi connectivity index (χ0n) is 14.8. The molecule has 2 aromatic rings. The van der Waals surface area contributed by atoms with Crippen LogP contribution in [-0.4, -0.2) is 52.8 Å². The molecule has 0 bridgehead atoms. The number of amides is 1. The van der Waals surface area contributed by atoms with Gasteiger partial charge in [-0.15, -0.1) is 0 Å². The molecular formula is C18H24N4O3. The van der Waals surface area contributed by atoms with Crippen LogP contribution in [0.1, 0.15) is 49.2 Å². The molecule has 1 aliphatic heterocycles. The van der Waals surface area contributed by atoms with Crippen LogP contribution in [-0.2, 0) is 14.3 Å². The number of carbonyl (C=O) groups is 1. The number of morpholine rings is 1. The largest absolute Gasteiger partial charge is 0.367 e. The fraction of sp³-hybridized carbons (Fsp3) is 0.500. The Hall–Kier alpha value is -2.25. The zero-order valence-corrected chi connectivity index (χ0v) is 14.8. The minimum Gasteiger partial charge on any atom is -0.367 e. The first-order chi connectivity index (χ1) is 12.1. The lowest BCUT2D eigenvalue weighted by Crippen LogP contribution is -2.45. The quantitative estimate of drug-likeness (QED) is 0.899. The Morgan fingerprint density at radius 3 is 2.76 bits per heavy atom. The van der Waals surface area contributed by atoms with Gasteiger partial charge in [-0.2, -0.15) is 5.10 Å². The summed E-state index contributed by atoms with van der Waals surface area (Å²) in [7, 11) is 1.55. The number of nitrogens with one attached hydrogen (secondary N) is 1. The van der Waals surface area contributed by atoms with Crippen molar-refractivity contribution < 1.29 is 14.3 Å². The zero-order chi connectivity index (χ0) is 17.8. The highest BCUT2D eigenvalue weighted by Crippen LogP contribution is 2.25. The number of H-pyrrole nitrogens is 1. The highest BCUT2D eigenvalue weighted by molar-refractivity contribution is 5.82. The van der Waals surface area contributed by atoms with E-state index in [0.717, 1.165) is 11.4 Å². The first-order valence-corrected chi connectivity index (χ1v) is 8.50. The molecule has 7 nitrogen and oxygen atoms in total. The summed E-state index contributed by atoms with van der Waals surface area (Å²) in [6.07, 6.45) is -0.910. The Balaban J connectivity index is 1.72. The van der Waals surface area contributed by atoms with Gasteiger partial charge in [-0.1, -0.05) is 44.2 Å². The Morgan fingerprint density at radius 2 is 2.12 bits per heavy atom. The maximum absolute atomic E-state index is 12.9. The number of benzene rings is 1. The van der Waals surface area contributed by atoms with Crippen molar-refractivity contribution in [3.05, 3.63) is 47.5 Å². The molecule has 0 radical (unpaired) electrons. The monoisotopic (exact) mass is 344 g/mol. The van der Waals surface area contributed by atoms with E-state index in [0.29, 0.717) is 25.5 Å². The van der Waals surface area contributed by atoms with E-state index in [9.17, 15) is 4.79 Å². The van der Waals surface area contributed by atoms with Crippen LogP contribution in [0.2, 0.25) is 0 Å². The summed E-state index contributed by atoms with van der Waals surface area (Å²) in [4.78, 5) is 19.2. The minimum absolute atomic E-state index is 0.0643. The maximum atomic E-state index is 12.9. The second-order valence-electron chi connectivity index (χ2n) is 6.40. The van der Waals surface area contributed by atoms with Gasteiger partial charge in [0.2, 0.25) is 0 Å². The molecule has 1 aromatic heterocycles. The van der Waals surface area contributed by atoms with Crippen molar-refractivity contribution in [3.63, 3.8) is 0 Å². The van der Waals surface area contributed by atoms with E-state index >= 15 is 0 Å². The molecule has 25 heavy (non-hydrogen) atoms. The number of rotatable bonds is 5. The number of nitrogens with zero attached hydrogens (tertiary/aromatic N) is 3. The molecule has 2 heterocycles. The summed E-state index contributed by atoms with van der Waals surface area (Å²) in [5.41, 5.74) is 0.847. The third kappa shape index (κ3) is 3.88. The summed E-state index contributed by atoms with van der Waals surface area (Å²) in [5, 5.41) is 7.15. The lowest BCUT2D eigenvalue weighted by atomic mass is 10.1. The number of aromatic nitrogens is 3. The second kappa shape index (κ2) is 7.76. The van der Waals surface area contributed by atoms with E-state index in [1.807, 2.05) is 44.2 Å². The molecule has 1 fully saturated rings. The summed E-state index contributed by atoms with van der Waals surface area (Å²) >= 11 is 0. The average molecular weight is 344 g/mol. The van der Waals surface area contributed by atoms with Gasteiger partial charge in [-0.25, -0.2) is 4.98 Å². The lowest BCUT2D eigenvalue weighted by Gasteiger charge is -2.33. The summed E-state index contributed by atoms with van der Waals surface area (Å²) in [6, 6.07) is 9.52. The molecule has 1 aromatic carbocycles. The van der Waals surface area contributed by atoms with E-state index in [2.05, 4.69) is 15.2 Å². The van der Waals surface area contributed by atoms with Crippen LogP contribution in [0.25, 0.3) is 0 Å². The number of hydrogen-bond donors (Lipinski definition) is 1. The molecule has 0 saturated carbocycles. The van der Waals surface area contributed by atoms with Crippen LogP contribution in [0.4, 0.5) is 0 Å². The second-order valence-corrected chi connectivity index (χ2v) is 6.40. The Bertz CT molecular complexity index is 701. The van der Waals surface area contributed by atoms with Gasteiger partial charge in [0.1, 0.15) is 6.10 Å². The first kappa shape index (κ1) is 17.6. The lowest BCUT2D eigenvalue weighted by molar-refractivity contribution is -0.150. The molecule has 1 amide bonds. The number of ether oxygens (including phenoxy) is 2. The topological polar surface area (TPSA) is 80.3 Å². The van der Waals surface area contributed by atoms with Gasteiger partial charge in [0.25, 0.3) is 5.91 Å². The molecule has 3 rings (SSSR count). The number of carbonyl (C=O) groups excluding carboxylic acids is 1. The molecule has 2 unspecified atom stereocenters. The molecule has 0 aliphatic carbocycles. The molecular weight excluding hydrogens is 320 g/mol. The number of methoxy groups -OCH3 is 1. The van der Waals surface area contributed by atoms with Gasteiger partial charge in [0, 0.05) is 19.6 Å². The number of hydrogen-bond acceptors (Lipinski definition) is 5. The van der Waals surface area contributed by atoms with Crippen molar-refractivity contribution in [1.29, 1.82) is 0 Å². The van der Waals surface area contributed by atoms with Gasteiger partial charge < -0.3 is 14.4 Å². The van der Waals surface area contributed by atoms with Crippen LogP contribution in [0, 0.1) is 0 Å². The highest BCUT2D eigenvalue weighted by atomic mass is 16.5. The van der Waals surface area contributed by atoms with Crippen LogP contribution < -0.4 is 0 Å². The average Bonchev–Trinajstić information content (AvgIpc) is 3.14. The molecule has 1 N–H and O–H groups in total. The van der Waals surface area contributed by atoms with Crippen LogP contribution in [0.15, 0.2) is 30.3 Å². The molecule has 0 spiro atoms. The third-order valence-electron chi connectivity index (χ3n) is 4.28. The van der Waals surface area contributed by atoms with Crippen LogP contribution in [0.3, 0.4) is 0 Å². The van der Waals surface area contributed by atoms with Crippen molar-refractivity contribution in [2.75, 3.05) is 26.8 Å². The highest BCUT2D eigenvalue weighted by Gasteiger charge is 2.32. The molecule has 134 valence electrons. The first-order valence-electron chi connectivity index (χ1n) is 8.50. The van der Waals surface area contributed by atoms with Gasteiger partial charge in [-0.3, -0.25) is 9.89 Å². The van der Waals surface area contributed by atoms with E-state index in [1.54, 1.807) is 12.0 Å². The predicted octanol–water partition coefficient (Wildman–Crippen LogP) is 2.22. The Labute approximate surface area is 147 Å². The smallest absolute Gasteiger partial charge is 0.256 e. The van der Waals surface area contributed by atoms with Gasteiger partial charge >= 0.3 is 0 Å². The fourth-order valence-corrected chi connectivity index (χ4v) is 2.88.